The Hall–Kier alpha value is -4.39. The zero-order valence-electron chi connectivity index (χ0n) is 33.9. The Morgan fingerprint density at radius 2 is 1.71 bits per heavy atom. The van der Waals surface area contributed by atoms with Crippen molar-refractivity contribution in [3.05, 3.63) is 42.1 Å². The Morgan fingerprint density at radius 3 is 2.34 bits per heavy atom. The number of nitrogens with one attached hydrogen (secondary N) is 3. The number of amides is 4. The SMILES string of the molecule is C[C@@H](C(F)F)[C@@](C)(NC(=O)[C@@H]1C[C@@H]2CN1C(=O)[C@H](C(C)(C)C)NC(=O)C[C@@H]1CCC[C@H]1OC/C=C/C(F)(F)c1nc3ccccc3nc1O2)C(=O)NS(=O)(=O)C1(C)CC1. The van der Waals surface area contributed by atoms with Crippen LogP contribution in [0.5, 0.6) is 5.88 Å². The van der Waals surface area contributed by atoms with Gasteiger partial charge in [0.1, 0.15) is 23.7 Å². The van der Waals surface area contributed by atoms with Crippen LogP contribution in [0, 0.1) is 17.3 Å². The molecule has 0 spiro atoms. The molecule has 324 valence electrons. The minimum atomic E-state index is -4.34. The molecule has 1 saturated heterocycles. The van der Waals surface area contributed by atoms with E-state index in [4.69, 9.17) is 9.47 Å². The Labute approximate surface area is 340 Å². The maximum absolute atomic E-state index is 16.1. The predicted octanol–water partition coefficient (Wildman–Crippen LogP) is 4.52. The van der Waals surface area contributed by atoms with Crippen LogP contribution in [0.3, 0.4) is 0 Å². The third kappa shape index (κ3) is 9.20. The minimum absolute atomic E-state index is 0.0307. The van der Waals surface area contributed by atoms with Gasteiger partial charge in [0.2, 0.25) is 40.1 Å². The van der Waals surface area contributed by atoms with Gasteiger partial charge < -0.3 is 25.0 Å². The highest BCUT2D eigenvalue weighted by Gasteiger charge is 2.55. The molecule has 2 aliphatic carbocycles. The second kappa shape index (κ2) is 16.2. The third-order valence-corrected chi connectivity index (χ3v) is 14.3. The summed E-state index contributed by atoms with van der Waals surface area (Å²) in [5.74, 6) is -10.3. The fourth-order valence-electron chi connectivity index (χ4n) is 7.76. The molecular weight excluding hydrogens is 801 g/mol. The Morgan fingerprint density at radius 1 is 1.05 bits per heavy atom. The highest BCUT2D eigenvalue weighted by atomic mass is 32.2. The molecule has 19 heteroatoms. The fraction of sp³-hybridized carbons (Fsp3) is 0.650. The van der Waals surface area contributed by atoms with Gasteiger partial charge in [-0.15, -0.1) is 0 Å². The van der Waals surface area contributed by atoms with Crippen molar-refractivity contribution in [3.8, 4) is 5.88 Å². The highest BCUT2D eigenvalue weighted by molar-refractivity contribution is 7.91. The second-order valence-electron chi connectivity index (χ2n) is 17.7. The van der Waals surface area contributed by atoms with Crippen molar-refractivity contribution in [3.63, 3.8) is 0 Å². The first-order valence-electron chi connectivity index (χ1n) is 19.8. The normalized spacial score (nSPS) is 28.2. The van der Waals surface area contributed by atoms with Crippen LogP contribution >= 0.6 is 0 Å². The molecule has 3 heterocycles. The number of hydrogen-bond acceptors (Lipinski definition) is 10. The number of nitrogens with zero attached hydrogens (tertiary/aromatic N) is 3. The molecule has 14 nitrogen and oxygen atoms in total. The van der Waals surface area contributed by atoms with E-state index in [1.165, 1.54) is 19.1 Å². The maximum Gasteiger partial charge on any atom is 0.313 e. The average molecular weight is 853 g/mol. The number of sulfonamides is 1. The third-order valence-electron chi connectivity index (χ3n) is 12.1. The molecule has 1 aromatic heterocycles. The first-order chi connectivity index (χ1) is 27.5. The van der Waals surface area contributed by atoms with Gasteiger partial charge in [0.25, 0.3) is 5.91 Å². The van der Waals surface area contributed by atoms with Crippen molar-refractivity contribution in [2.24, 2.45) is 17.3 Å². The van der Waals surface area contributed by atoms with E-state index in [2.05, 4.69) is 20.6 Å². The molecule has 1 aromatic carbocycles. The number of carbonyl (C=O) groups is 4. The number of carbonyl (C=O) groups excluding carboxylic acids is 4. The number of alkyl halides is 4. The van der Waals surface area contributed by atoms with Gasteiger partial charge in [0, 0.05) is 18.8 Å². The van der Waals surface area contributed by atoms with E-state index < -0.39 is 116 Å². The van der Waals surface area contributed by atoms with Gasteiger partial charge in [-0.05, 0) is 69.1 Å². The first kappa shape index (κ1) is 44.2. The molecule has 6 rings (SSSR count). The molecule has 0 radical (unpaired) electrons. The van der Waals surface area contributed by atoms with Gasteiger partial charge in [-0.3, -0.25) is 23.9 Å². The lowest BCUT2D eigenvalue weighted by atomic mass is 9.85. The van der Waals surface area contributed by atoms with Crippen LogP contribution in [0.15, 0.2) is 36.4 Å². The van der Waals surface area contributed by atoms with Crippen LogP contribution in [0.2, 0.25) is 0 Å². The van der Waals surface area contributed by atoms with Crippen LogP contribution in [-0.4, -0.2) is 101 Å². The maximum atomic E-state index is 16.1. The number of fused-ring (bicyclic) bond motifs is 5. The van der Waals surface area contributed by atoms with Gasteiger partial charge in [-0.1, -0.05) is 52.3 Å². The molecule has 3 fully saturated rings. The highest BCUT2D eigenvalue weighted by Crippen LogP contribution is 2.43. The molecule has 3 N–H and O–H groups in total. The number of benzene rings is 1. The molecule has 59 heavy (non-hydrogen) atoms. The van der Waals surface area contributed by atoms with Crippen molar-refractivity contribution in [1.29, 1.82) is 0 Å². The summed E-state index contributed by atoms with van der Waals surface area (Å²) in [6, 6.07) is 3.41. The quantitative estimate of drug-likeness (QED) is 0.264. The Balaban J connectivity index is 1.41. The van der Waals surface area contributed by atoms with Gasteiger partial charge in [-0.2, -0.15) is 8.78 Å². The number of para-hydroxylation sites is 2. The molecule has 4 aliphatic rings. The molecular formula is C40H52F4N6O8S. The van der Waals surface area contributed by atoms with E-state index in [-0.39, 0.29) is 42.8 Å². The molecule has 2 aromatic rings. The topological polar surface area (TPSA) is 186 Å². The zero-order valence-corrected chi connectivity index (χ0v) is 34.7. The Kier molecular flexibility index (Phi) is 12.2. The fourth-order valence-corrected chi connectivity index (χ4v) is 9.11. The molecule has 0 unspecified atom stereocenters. The lowest BCUT2D eigenvalue weighted by Gasteiger charge is -2.38. The molecule has 2 bridgehead atoms. The summed E-state index contributed by atoms with van der Waals surface area (Å²) in [5, 5.41) is 5.17. The summed E-state index contributed by atoms with van der Waals surface area (Å²) < 4.78 is 99.9. The lowest BCUT2D eigenvalue weighted by molar-refractivity contribution is -0.146. The van der Waals surface area contributed by atoms with E-state index in [0.29, 0.717) is 18.9 Å². The second-order valence-corrected chi connectivity index (χ2v) is 19.9. The summed E-state index contributed by atoms with van der Waals surface area (Å²) in [6.07, 6.45) is -1.12. The number of rotatable bonds is 7. The lowest BCUT2D eigenvalue weighted by Crippen LogP contribution is -2.66. The summed E-state index contributed by atoms with van der Waals surface area (Å²) >= 11 is 0. The number of halogens is 4. The van der Waals surface area contributed by atoms with Crippen molar-refractivity contribution < 1.29 is 54.6 Å². The molecule has 7 atom stereocenters. The van der Waals surface area contributed by atoms with Gasteiger partial charge >= 0.3 is 5.92 Å². The average Bonchev–Trinajstić information content (AvgIpc) is 3.56. The molecule has 2 saturated carbocycles. The van der Waals surface area contributed by atoms with Crippen LogP contribution in [0.1, 0.15) is 92.2 Å². The van der Waals surface area contributed by atoms with Crippen LogP contribution in [-0.2, 0) is 39.9 Å². The van der Waals surface area contributed by atoms with Crippen molar-refractivity contribution in [2.45, 2.75) is 133 Å². The van der Waals surface area contributed by atoms with Crippen molar-refractivity contribution in [1.82, 2.24) is 30.2 Å². The van der Waals surface area contributed by atoms with E-state index in [0.717, 1.165) is 31.2 Å². The van der Waals surface area contributed by atoms with Gasteiger partial charge in [0.05, 0.1) is 35.0 Å². The van der Waals surface area contributed by atoms with Crippen LogP contribution in [0.25, 0.3) is 11.0 Å². The number of hydrogen-bond donors (Lipinski definition) is 3. The number of allylic oxidation sites excluding steroid dienone is 1. The number of aromatic nitrogens is 2. The van der Waals surface area contributed by atoms with E-state index >= 15 is 8.78 Å². The molecule has 2 aliphatic heterocycles. The predicted molar refractivity (Wildman–Crippen MR) is 207 cm³/mol. The largest absolute Gasteiger partial charge is 0.471 e. The van der Waals surface area contributed by atoms with E-state index in [1.54, 1.807) is 32.9 Å². The summed E-state index contributed by atoms with van der Waals surface area (Å²) in [6.45, 7) is 7.81. The van der Waals surface area contributed by atoms with E-state index in [9.17, 15) is 36.4 Å². The molecule has 4 amide bonds. The van der Waals surface area contributed by atoms with Crippen LogP contribution < -0.4 is 20.1 Å². The zero-order chi connectivity index (χ0) is 43.3. The van der Waals surface area contributed by atoms with Crippen molar-refractivity contribution >= 4 is 44.7 Å². The smallest absolute Gasteiger partial charge is 0.313 e. The van der Waals surface area contributed by atoms with Gasteiger partial charge in [-0.25, -0.2) is 27.2 Å². The summed E-state index contributed by atoms with van der Waals surface area (Å²) in [7, 11) is -4.34. The number of ether oxygens (including phenoxy) is 2. The van der Waals surface area contributed by atoms with E-state index in [1.807, 2.05) is 4.72 Å². The first-order valence-corrected chi connectivity index (χ1v) is 21.3. The Bertz CT molecular complexity index is 2110. The van der Waals surface area contributed by atoms with Crippen LogP contribution in [0.4, 0.5) is 17.6 Å². The standard InChI is InChI=1S/C40H52F4N6O8S/c1-22(32(41)42)39(6,36(54)49-59(55,56)38(5)16-17-38)48-33(52)27-20-24-21-50(27)35(53)31(37(2,3)4)47-29(51)19-23-11-9-14-28(23)57-18-10-15-40(43,44)30-34(58-24)46-26-13-8-7-12-25(26)45-30/h7-8,10,12-13,15,22-24,27-28,31-32H,9,11,14,16-21H2,1-6H3,(H,47,51)(H,48,52)(H,49,54)/b15-10+/t22-,23-,24+,27-,28+,31+,39+/m0/s1. The van der Waals surface area contributed by atoms with Crippen molar-refractivity contribution in [2.75, 3.05) is 13.2 Å². The van der Waals surface area contributed by atoms with Gasteiger partial charge in [0.15, 0.2) is 5.69 Å². The monoisotopic (exact) mass is 852 g/mol. The summed E-state index contributed by atoms with van der Waals surface area (Å²) in [5.41, 5.74) is -4.00. The summed E-state index contributed by atoms with van der Waals surface area (Å²) in [4.78, 5) is 66.1. The minimum Gasteiger partial charge on any atom is -0.471 e.